The van der Waals surface area contributed by atoms with Crippen molar-refractivity contribution in [1.29, 1.82) is 0 Å². The molecule has 1 aromatic heterocycles. The van der Waals surface area contributed by atoms with Crippen molar-refractivity contribution in [2.45, 2.75) is 13.8 Å². The molecule has 0 aliphatic heterocycles. The molecule has 0 radical (unpaired) electrons. The monoisotopic (exact) mass is 308 g/mol. The first-order chi connectivity index (χ1) is 8.41. The molecule has 1 aromatic carbocycles. The van der Waals surface area contributed by atoms with Crippen LogP contribution in [0.15, 0.2) is 22.7 Å². The number of amides is 1. The minimum absolute atomic E-state index is 0.386. The molecule has 2 rings (SSSR count). The van der Waals surface area contributed by atoms with Gasteiger partial charge in [-0.3, -0.25) is 4.79 Å². The van der Waals surface area contributed by atoms with Gasteiger partial charge in [-0.25, -0.2) is 4.68 Å². The minimum Gasteiger partial charge on any atom is -0.397 e. The molecule has 0 saturated heterocycles. The fourth-order valence-electron chi connectivity index (χ4n) is 1.76. The molecule has 6 heteroatoms. The Labute approximate surface area is 113 Å². The number of aryl methyl sites for hydroxylation is 1. The number of rotatable bonds is 2. The van der Waals surface area contributed by atoms with Crippen LogP contribution in [0.25, 0.3) is 5.69 Å². The second-order valence-electron chi connectivity index (χ2n) is 4.03. The van der Waals surface area contributed by atoms with Gasteiger partial charge in [-0.05, 0) is 48.0 Å². The number of hydrogen-bond acceptors (Lipinski definition) is 3. The lowest BCUT2D eigenvalue weighted by molar-refractivity contribution is 0.100. The normalized spacial score (nSPS) is 10.6. The smallest absolute Gasteiger partial charge is 0.248 e. The van der Waals surface area contributed by atoms with E-state index >= 15 is 0 Å². The molecule has 18 heavy (non-hydrogen) atoms. The number of carbonyl (C=O) groups excluding carboxylic acids is 1. The number of nitrogens with zero attached hydrogens (tertiary/aromatic N) is 2. The zero-order valence-corrected chi connectivity index (χ0v) is 11.7. The third kappa shape index (κ3) is 1.99. The van der Waals surface area contributed by atoms with E-state index in [4.69, 9.17) is 11.5 Å². The zero-order valence-electron chi connectivity index (χ0n) is 10.1. The van der Waals surface area contributed by atoms with Crippen LogP contribution in [0.4, 0.5) is 5.69 Å². The zero-order chi connectivity index (χ0) is 13.4. The molecular weight excluding hydrogens is 296 g/mol. The molecule has 0 fully saturated rings. The van der Waals surface area contributed by atoms with Crippen LogP contribution < -0.4 is 11.5 Å². The van der Waals surface area contributed by atoms with Crippen LogP contribution in [0.3, 0.4) is 0 Å². The van der Waals surface area contributed by atoms with Gasteiger partial charge in [0, 0.05) is 5.56 Å². The molecule has 0 aliphatic rings. The summed E-state index contributed by atoms with van der Waals surface area (Å²) in [6.45, 7) is 3.84. The van der Waals surface area contributed by atoms with Crippen molar-refractivity contribution >= 4 is 27.5 Å². The summed E-state index contributed by atoms with van der Waals surface area (Å²) in [6.07, 6.45) is 0. The number of anilines is 1. The average Bonchev–Trinajstić information content (AvgIpc) is 2.57. The van der Waals surface area contributed by atoms with E-state index < -0.39 is 5.91 Å². The summed E-state index contributed by atoms with van der Waals surface area (Å²) < 4.78 is 2.68. The third-order valence-electron chi connectivity index (χ3n) is 2.74. The van der Waals surface area contributed by atoms with Crippen LogP contribution in [-0.4, -0.2) is 15.7 Å². The summed E-state index contributed by atoms with van der Waals surface area (Å²) in [5.41, 5.74) is 14.5. The first kappa shape index (κ1) is 12.6. The Balaban J connectivity index is 2.58. The van der Waals surface area contributed by atoms with Crippen LogP contribution >= 0.6 is 15.9 Å². The predicted molar refractivity (Wildman–Crippen MR) is 73.7 cm³/mol. The molecule has 0 aliphatic carbocycles. The number of nitrogens with two attached hydrogens (primary N) is 2. The van der Waals surface area contributed by atoms with Gasteiger partial charge >= 0.3 is 0 Å². The van der Waals surface area contributed by atoms with E-state index in [1.807, 2.05) is 13.8 Å². The molecule has 1 amide bonds. The van der Waals surface area contributed by atoms with Crippen molar-refractivity contribution in [2.75, 3.05) is 5.73 Å². The number of carbonyl (C=O) groups is 1. The third-order valence-corrected chi connectivity index (χ3v) is 3.89. The fraction of sp³-hybridized carbons (Fsp3) is 0.167. The van der Waals surface area contributed by atoms with E-state index in [1.165, 1.54) is 0 Å². The predicted octanol–water partition coefficient (Wildman–Crippen LogP) is 1.93. The van der Waals surface area contributed by atoms with Gasteiger partial charge in [-0.2, -0.15) is 5.10 Å². The summed E-state index contributed by atoms with van der Waals surface area (Å²) in [5, 5.41) is 4.39. The van der Waals surface area contributed by atoms with Gasteiger partial charge in [-0.1, -0.05) is 0 Å². The van der Waals surface area contributed by atoms with E-state index in [-0.39, 0.29) is 0 Å². The topological polar surface area (TPSA) is 86.9 Å². The standard InChI is InChI=1S/C12H13BrN4O/c1-6-11(13)7(2)17(16-6)10-4-3-8(12(15)18)5-9(10)14/h3-5H,14H2,1-2H3,(H2,15,18). The molecule has 0 unspecified atom stereocenters. The Kier molecular flexibility index (Phi) is 3.13. The molecule has 0 bridgehead atoms. The van der Waals surface area contributed by atoms with Crippen LogP contribution in [0.1, 0.15) is 21.7 Å². The Bertz CT molecular complexity index is 633. The van der Waals surface area contributed by atoms with Crippen molar-refractivity contribution in [3.8, 4) is 5.69 Å². The Hall–Kier alpha value is -1.82. The molecule has 1 heterocycles. The molecule has 0 saturated carbocycles. The second kappa shape index (κ2) is 4.45. The Morgan fingerprint density at radius 3 is 2.50 bits per heavy atom. The van der Waals surface area contributed by atoms with Crippen molar-refractivity contribution in [3.05, 3.63) is 39.6 Å². The summed E-state index contributed by atoms with van der Waals surface area (Å²) in [4.78, 5) is 11.1. The van der Waals surface area contributed by atoms with Gasteiger partial charge in [0.2, 0.25) is 5.91 Å². The van der Waals surface area contributed by atoms with Gasteiger partial charge < -0.3 is 11.5 Å². The van der Waals surface area contributed by atoms with Crippen molar-refractivity contribution in [2.24, 2.45) is 5.73 Å². The van der Waals surface area contributed by atoms with Gasteiger partial charge in [0.15, 0.2) is 0 Å². The van der Waals surface area contributed by atoms with Crippen LogP contribution in [0, 0.1) is 13.8 Å². The summed E-state index contributed by atoms with van der Waals surface area (Å²) in [5.74, 6) is -0.497. The van der Waals surface area contributed by atoms with Gasteiger partial charge in [-0.15, -0.1) is 0 Å². The average molecular weight is 309 g/mol. The highest BCUT2D eigenvalue weighted by molar-refractivity contribution is 9.10. The van der Waals surface area contributed by atoms with Crippen LogP contribution in [0.2, 0.25) is 0 Å². The highest BCUT2D eigenvalue weighted by Gasteiger charge is 2.13. The summed E-state index contributed by atoms with van der Waals surface area (Å²) >= 11 is 3.46. The highest BCUT2D eigenvalue weighted by Crippen LogP contribution is 2.26. The first-order valence-corrected chi connectivity index (χ1v) is 6.12. The first-order valence-electron chi connectivity index (χ1n) is 5.33. The Morgan fingerprint density at radius 1 is 1.39 bits per heavy atom. The maximum atomic E-state index is 11.1. The number of aromatic nitrogens is 2. The number of nitrogen functional groups attached to an aromatic ring is 1. The lowest BCUT2D eigenvalue weighted by atomic mass is 10.1. The van der Waals surface area contributed by atoms with Crippen molar-refractivity contribution in [3.63, 3.8) is 0 Å². The molecule has 0 spiro atoms. The quantitative estimate of drug-likeness (QED) is 0.831. The number of primary amides is 1. The van der Waals surface area contributed by atoms with Gasteiger partial charge in [0.25, 0.3) is 0 Å². The molecule has 4 N–H and O–H groups in total. The van der Waals surface area contributed by atoms with Crippen LogP contribution in [0.5, 0.6) is 0 Å². The van der Waals surface area contributed by atoms with Crippen molar-refractivity contribution < 1.29 is 4.79 Å². The molecule has 5 nitrogen and oxygen atoms in total. The number of benzene rings is 1. The SMILES string of the molecule is Cc1nn(-c2ccc(C(N)=O)cc2N)c(C)c1Br. The fourth-order valence-corrected chi connectivity index (χ4v) is 2.01. The number of hydrogen-bond donors (Lipinski definition) is 2. The van der Waals surface area contributed by atoms with E-state index in [1.54, 1.807) is 22.9 Å². The Morgan fingerprint density at radius 2 is 2.06 bits per heavy atom. The van der Waals surface area contributed by atoms with Gasteiger partial charge in [0.05, 0.1) is 27.2 Å². The minimum atomic E-state index is -0.497. The number of halogens is 1. The van der Waals surface area contributed by atoms with E-state index in [2.05, 4.69) is 21.0 Å². The molecule has 0 atom stereocenters. The van der Waals surface area contributed by atoms with Gasteiger partial charge in [0.1, 0.15) is 0 Å². The molecule has 2 aromatic rings. The molecular formula is C12H13BrN4O. The molecule has 94 valence electrons. The second-order valence-corrected chi connectivity index (χ2v) is 4.83. The highest BCUT2D eigenvalue weighted by atomic mass is 79.9. The summed E-state index contributed by atoms with van der Waals surface area (Å²) in [7, 11) is 0. The van der Waals surface area contributed by atoms with E-state index in [0.717, 1.165) is 21.5 Å². The lowest BCUT2D eigenvalue weighted by Crippen LogP contribution is -2.12. The largest absolute Gasteiger partial charge is 0.397 e. The van der Waals surface area contributed by atoms with E-state index in [0.29, 0.717) is 11.3 Å². The maximum absolute atomic E-state index is 11.1. The van der Waals surface area contributed by atoms with Crippen molar-refractivity contribution in [1.82, 2.24) is 9.78 Å². The van der Waals surface area contributed by atoms with Crippen LogP contribution in [-0.2, 0) is 0 Å². The maximum Gasteiger partial charge on any atom is 0.248 e. The lowest BCUT2D eigenvalue weighted by Gasteiger charge is -2.09. The van der Waals surface area contributed by atoms with E-state index in [9.17, 15) is 4.79 Å². The summed E-state index contributed by atoms with van der Waals surface area (Å²) in [6, 6.07) is 4.93.